The fourth-order valence-electron chi connectivity index (χ4n) is 4.27. The van der Waals surface area contributed by atoms with E-state index in [1.807, 2.05) is 0 Å². The van der Waals surface area contributed by atoms with Crippen molar-refractivity contribution in [3.05, 3.63) is 0 Å². The minimum Gasteiger partial charge on any atom is -0.393 e. The lowest BCUT2D eigenvalue weighted by molar-refractivity contribution is -0.0316. The van der Waals surface area contributed by atoms with Gasteiger partial charge in [0.15, 0.2) is 0 Å². The lowest BCUT2D eigenvalue weighted by Gasteiger charge is -2.47. The van der Waals surface area contributed by atoms with E-state index in [0.717, 1.165) is 24.2 Å². The largest absolute Gasteiger partial charge is 0.393 e. The fraction of sp³-hybridized carbons (Fsp3) is 1.00. The third kappa shape index (κ3) is 1.73. The van der Waals surface area contributed by atoms with Crippen molar-refractivity contribution in [1.29, 1.82) is 0 Å². The van der Waals surface area contributed by atoms with Gasteiger partial charge in [-0.3, -0.25) is 0 Å². The number of fused-ring (bicyclic) bond motifs is 1. The molecule has 1 heteroatoms. The minimum absolute atomic E-state index is 0.0191. The van der Waals surface area contributed by atoms with Crippen molar-refractivity contribution < 1.29 is 5.11 Å². The molecule has 0 saturated heterocycles. The van der Waals surface area contributed by atoms with E-state index in [1.165, 1.54) is 32.1 Å². The molecule has 0 bridgehead atoms. The van der Waals surface area contributed by atoms with Crippen LogP contribution in [0, 0.1) is 23.2 Å². The summed E-state index contributed by atoms with van der Waals surface area (Å²) in [6, 6.07) is 0. The van der Waals surface area contributed by atoms with Crippen molar-refractivity contribution in [2.24, 2.45) is 23.2 Å². The molecule has 5 atom stereocenters. The van der Waals surface area contributed by atoms with Crippen LogP contribution in [0.1, 0.15) is 59.3 Å². The van der Waals surface area contributed by atoms with Gasteiger partial charge in [-0.1, -0.05) is 33.6 Å². The molecule has 0 aromatic heterocycles. The zero-order valence-corrected chi connectivity index (χ0v) is 10.5. The summed E-state index contributed by atoms with van der Waals surface area (Å²) in [6.45, 7) is 7.05. The quantitative estimate of drug-likeness (QED) is 0.738. The minimum atomic E-state index is -0.0191. The second-order valence-electron chi connectivity index (χ2n) is 6.17. The Hall–Kier alpha value is -0.0400. The zero-order chi connectivity index (χ0) is 11.1. The molecule has 1 nitrogen and oxygen atoms in total. The van der Waals surface area contributed by atoms with Gasteiger partial charge in [0.25, 0.3) is 0 Å². The average molecular weight is 210 g/mol. The molecule has 0 aromatic rings. The number of aliphatic hydroxyl groups is 1. The van der Waals surface area contributed by atoms with E-state index in [-0.39, 0.29) is 11.5 Å². The van der Waals surface area contributed by atoms with E-state index in [0.29, 0.717) is 0 Å². The Morgan fingerprint density at radius 1 is 1.27 bits per heavy atom. The standard InChI is InChI=1S/C14H26O/c1-4-5-11-10(2)8-9-14(3)12(11)6-7-13(14)15/h10-13,15H,4-9H2,1-3H3/t10-,11+,12-,13?,14-/m0/s1. The van der Waals surface area contributed by atoms with Gasteiger partial charge in [0.2, 0.25) is 0 Å². The van der Waals surface area contributed by atoms with Crippen LogP contribution in [0.2, 0.25) is 0 Å². The highest BCUT2D eigenvalue weighted by molar-refractivity contribution is 5.01. The normalized spacial score (nSPS) is 50.4. The van der Waals surface area contributed by atoms with Crippen molar-refractivity contribution in [2.45, 2.75) is 65.4 Å². The van der Waals surface area contributed by atoms with E-state index < -0.39 is 0 Å². The van der Waals surface area contributed by atoms with Crippen LogP contribution >= 0.6 is 0 Å². The Bertz CT molecular complexity index is 225. The third-order valence-electron chi connectivity index (χ3n) is 5.37. The van der Waals surface area contributed by atoms with Gasteiger partial charge in [0.1, 0.15) is 0 Å². The highest BCUT2D eigenvalue weighted by atomic mass is 16.3. The highest BCUT2D eigenvalue weighted by Gasteiger charge is 2.51. The van der Waals surface area contributed by atoms with Gasteiger partial charge in [0.05, 0.1) is 6.10 Å². The molecular weight excluding hydrogens is 184 g/mol. The first-order valence-corrected chi connectivity index (χ1v) is 6.77. The first kappa shape index (κ1) is 11.4. The zero-order valence-electron chi connectivity index (χ0n) is 10.5. The van der Waals surface area contributed by atoms with Gasteiger partial charge >= 0.3 is 0 Å². The number of hydrogen-bond acceptors (Lipinski definition) is 1. The maximum absolute atomic E-state index is 10.2. The molecule has 0 aliphatic heterocycles. The van der Waals surface area contributed by atoms with Crippen molar-refractivity contribution in [2.75, 3.05) is 0 Å². The molecular formula is C14H26O. The van der Waals surface area contributed by atoms with Crippen LogP contribution in [0.5, 0.6) is 0 Å². The molecule has 2 saturated carbocycles. The summed E-state index contributed by atoms with van der Waals surface area (Å²) in [5.74, 6) is 2.57. The van der Waals surface area contributed by atoms with E-state index in [4.69, 9.17) is 0 Å². The summed E-state index contributed by atoms with van der Waals surface area (Å²) >= 11 is 0. The van der Waals surface area contributed by atoms with Gasteiger partial charge in [-0.15, -0.1) is 0 Å². The van der Waals surface area contributed by atoms with E-state index >= 15 is 0 Å². The van der Waals surface area contributed by atoms with Crippen LogP contribution < -0.4 is 0 Å². The average Bonchev–Trinajstić information content (AvgIpc) is 2.50. The van der Waals surface area contributed by atoms with Crippen LogP contribution in [0.4, 0.5) is 0 Å². The topological polar surface area (TPSA) is 20.2 Å². The summed E-state index contributed by atoms with van der Waals surface area (Å²) in [4.78, 5) is 0. The van der Waals surface area contributed by atoms with Crippen LogP contribution in [-0.2, 0) is 0 Å². The Morgan fingerprint density at radius 2 is 2.00 bits per heavy atom. The number of rotatable bonds is 2. The van der Waals surface area contributed by atoms with Gasteiger partial charge in [-0.25, -0.2) is 0 Å². The summed E-state index contributed by atoms with van der Waals surface area (Å²) in [7, 11) is 0. The van der Waals surface area contributed by atoms with Crippen LogP contribution in [-0.4, -0.2) is 11.2 Å². The first-order valence-electron chi connectivity index (χ1n) is 6.77. The van der Waals surface area contributed by atoms with Gasteiger partial charge in [0, 0.05) is 0 Å². The molecule has 0 amide bonds. The third-order valence-corrected chi connectivity index (χ3v) is 5.37. The van der Waals surface area contributed by atoms with E-state index in [2.05, 4.69) is 20.8 Å². The van der Waals surface area contributed by atoms with Crippen molar-refractivity contribution in [3.63, 3.8) is 0 Å². The monoisotopic (exact) mass is 210 g/mol. The summed E-state index contributed by atoms with van der Waals surface area (Å²) in [5, 5.41) is 10.2. The van der Waals surface area contributed by atoms with Crippen LogP contribution in [0.3, 0.4) is 0 Å². The van der Waals surface area contributed by atoms with Crippen molar-refractivity contribution >= 4 is 0 Å². The van der Waals surface area contributed by atoms with Crippen molar-refractivity contribution in [3.8, 4) is 0 Å². The molecule has 2 fully saturated rings. The SMILES string of the molecule is CCC[C@@H]1[C@@H](C)CC[C@]2(C)C(O)CC[C@@H]12. The lowest BCUT2D eigenvalue weighted by atomic mass is 9.59. The number of aliphatic hydroxyl groups excluding tert-OH is 1. The van der Waals surface area contributed by atoms with E-state index in [9.17, 15) is 5.11 Å². The summed E-state index contributed by atoms with van der Waals surface area (Å²) in [6.07, 6.45) is 7.55. The molecule has 2 aliphatic carbocycles. The van der Waals surface area contributed by atoms with Gasteiger partial charge in [-0.05, 0) is 48.9 Å². The highest BCUT2D eigenvalue weighted by Crippen LogP contribution is 2.56. The molecule has 0 heterocycles. The van der Waals surface area contributed by atoms with Gasteiger partial charge < -0.3 is 5.11 Å². The summed E-state index contributed by atoms with van der Waals surface area (Å²) in [5.41, 5.74) is 0.256. The Kier molecular flexibility index (Phi) is 3.12. The lowest BCUT2D eigenvalue weighted by Crippen LogP contribution is -2.42. The molecule has 15 heavy (non-hydrogen) atoms. The van der Waals surface area contributed by atoms with Gasteiger partial charge in [-0.2, -0.15) is 0 Å². The van der Waals surface area contributed by atoms with Crippen LogP contribution in [0.25, 0.3) is 0 Å². The molecule has 0 aromatic carbocycles. The maximum atomic E-state index is 10.2. The molecule has 0 radical (unpaired) electrons. The fourth-order valence-corrected chi connectivity index (χ4v) is 4.27. The summed E-state index contributed by atoms with van der Waals surface area (Å²) < 4.78 is 0. The molecule has 2 rings (SSSR count). The van der Waals surface area contributed by atoms with E-state index in [1.54, 1.807) is 0 Å². The first-order chi connectivity index (χ1) is 7.09. The Labute approximate surface area is 94.3 Å². The second kappa shape index (κ2) is 4.08. The van der Waals surface area contributed by atoms with Crippen LogP contribution in [0.15, 0.2) is 0 Å². The molecule has 2 aliphatic rings. The smallest absolute Gasteiger partial charge is 0.0596 e. The Morgan fingerprint density at radius 3 is 2.67 bits per heavy atom. The predicted molar refractivity (Wildman–Crippen MR) is 63.6 cm³/mol. The molecule has 88 valence electrons. The maximum Gasteiger partial charge on any atom is 0.0596 e. The van der Waals surface area contributed by atoms with Crippen molar-refractivity contribution in [1.82, 2.24) is 0 Å². The Balaban J connectivity index is 2.17. The predicted octanol–water partition coefficient (Wildman–Crippen LogP) is 3.61. The second-order valence-corrected chi connectivity index (χ2v) is 6.17. The number of hydrogen-bond donors (Lipinski definition) is 1. The molecule has 1 N–H and O–H groups in total. The molecule has 0 spiro atoms. The molecule has 1 unspecified atom stereocenters.